The van der Waals surface area contributed by atoms with Gasteiger partial charge in [0.25, 0.3) is 0 Å². The van der Waals surface area contributed by atoms with Crippen LogP contribution in [0.3, 0.4) is 0 Å². The predicted octanol–water partition coefficient (Wildman–Crippen LogP) is 20.0. The molecule has 0 atom stereocenters. The van der Waals surface area contributed by atoms with Gasteiger partial charge in [-0.2, -0.15) is 0 Å². The van der Waals surface area contributed by atoms with E-state index in [1.165, 1.54) is 27.1 Å². The van der Waals surface area contributed by atoms with Crippen molar-refractivity contribution >= 4 is 117 Å². The molecule has 0 unspecified atom stereocenters. The Morgan fingerprint density at radius 1 is 0.382 bits per heavy atom. The molecule has 0 fully saturated rings. The maximum Gasteiger partial charge on any atom is 0.0542 e. The van der Waals surface area contributed by atoms with Gasteiger partial charge in [0, 0.05) is 83.5 Å². The van der Waals surface area contributed by atoms with E-state index in [-0.39, 0.29) is 0 Å². The Bertz CT molecular complexity index is 4420. The van der Waals surface area contributed by atoms with Gasteiger partial charge in [-0.05, 0) is 176 Å². The van der Waals surface area contributed by atoms with Crippen LogP contribution in [-0.4, -0.2) is 13.7 Å². The summed E-state index contributed by atoms with van der Waals surface area (Å²) in [4.78, 5) is 4.80. The lowest BCUT2D eigenvalue weighted by atomic mass is 10.1. The number of anilines is 6. The lowest BCUT2D eigenvalue weighted by Crippen LogP contribution is -2.10. The molecule has 0 N–H and O–H groups in total. The number of nitrogens with zero attached hydrogens (tertiary/aromatic N) is 5. The summed E-state index contributed by atoms with van der Waals surface area (Å²) in [5.41, 5.74) is 18.9. The quantitative estimate of drug-likeness (QED) is 0.107. The van der Waals surface area contributed by atoms with Gasteiger partial charge in [-0.25, -0.2) is 0 Å². The Morgan fingerprint density at radius 3 is 1.11 bits per heavy atom. The second kappa shape index (κ2) is 19.2. The van der Waals surface area contributed by atoms with E-state index in [9.17, 15) is 0 Å². The Kier molecular flexibility index (Phi) is 11.6. The van der Waals surface area contributed by atoms with Gasteiger partial charge in [-0.1, -0.05) is 129 Å². The van der Waals surface area contributed by atoms with E-state index in [1.54, 1.807) is 0 Å². The number of benzene rings is 10. The largest absolute Gasteiger partial charge is 0.313 e. The Balaban J connectivity index is 1.02. The summed E-state index contributed by atoms with van der Waals surface area (Å²) >= 11 is 0. The Morgan fingerprint density at radius 2 is 0.711 bits per heavy atom. The van der Waals surface area contributed by atoms with Crippen molar-refractivity contribution in [2.45, 2.75) is 20.3 Å². The highest BCUT2D eigenvalue weighted by Crippen LogP contribution is 2.45. The first-order chi connectivity index (χ1) is 37.5. The molecule has 13 aromatic rings. The molecule has 0 amide bonds. The predicted molar refractivity (Wildman–Crippen MR) is 327 cm³/mol. The number of fused-ring (bicyclic) bond motifs is 9. The molecule has 5 nitrogen and oxygen atoms in total. The van der Waals surface area contributed by atoms with E-state index in [1.807, 2.05) is 12.2 Å². The van der Waals surface area contributed by atoms with E-state index < -0.39 is 0 Å². The fraction of sp³-hybridized carbons (Fsp3) is 0.0423. The molecule has 5 heteroatoms. The molecule has 0 saturated heterocycles. The van der Waals surface area contributed by atoms with Crippen LogP contribution in [0.25, 0.3) is 94.6 Å². The first-order valence-corrected chi connectivity index (χ1v) is 26.1. The molecule has 3 heterocycles. The van der Waals surface area contributed by atoms with E-state index in [0.29, 0.717) is 0 Å². The van der Waals surface area contributed by atoms with Crippen LogP contribution in [0.2, 0.25) is 0 Å². The molecule has 364 valence electrons. The zero-order chi connectivity index (χ0) is 51.3. The van der Waals surface area contributed by atoms with Crippen LogP contribution < -0.4 is 9.80 Å². The monoisotopic (exact) mass is 977 g/mol. The van der Waals surface area contributed by atoms with Gasteiger partial charge in [0.05, 0.1) is 33.1 Å². The van der Waals surface area contributed by atoms with Gasteiger partial charge in [-0.15, -0.1) is 0 Å². The molecule has 0 spiro atoms. The molecule has 0 saturated carbocycles. The summed E-state index contributed by atoms with van der Waals surface area (Å²) in [7, 11) is 0. The normalized spacial score (nSPS) is 12.0. The summed E-state index contributed by atoms with van der Waals surface area (Å²) in [5.74, 6) is 0. The molecule has 0 radical (unpaired) electrons. The van der Waals surface area contributed by atoms with Crippen molar-refractivity contribution in [3.8, 4) is 11.4 Å². The van der Waals surface area contributed by atoms with Crippen LogP contribution in [0.4, 0.5) is 34.1 Å². The standard InChI is InChI=1S/C71H55N5/c1-5-8-13-22-49(4)72-66-37-31-50(6-2)43-60(66)62-45-56(33-39-67(62)72)73(52-23-14-9-15-24-52)58-35-41-70-64(47-58)65-48-59(36-42-71(65)76(70)55-29-20-12-21-30-55)74(53-25-16-10-17-26-53)57-34-40-69-63(46-57)61-44-51(7-3)32-38-68(61)75(69)54-27-18-11-19-28-54/h6-48H,2-3,5H2,1,4H3/b13-8-,49-22+. The number of rotatable bonds is 13. The lowest BCUT2D eigenvalue weighted by molar-refractivity contribution is 1.18. The van der Waals surface area contributed by atoms with E-state index >= 15 is 0 Å². The summed E-state index contributed by atoms with van der Waals surface area (Å²) in [5, 5.41) is 7.03. The minimum absolute atomic E-state index is 0.988. The van der Waals surface area contributed by atoms with Crippen molar-refractivity contribution in [1.82, 2.24) is 13.7 Å². The third-order valence-corrected chi connectivity index (χ3v) is 14.9. The third kappa shape index (κ3) is 7.80. The third-order valence-electron chi connectivity index (χ3n) is 14.9. The van der Waals surface area contributed by atoms with Crippen LogP contribution in [0.1, 0.15) is 31.4 Å². The molecule has 0 aliphatic heterocycles. The fourth-order valence-electron chi connectivity index (χ4n) is 11.4. The Labute approximate surface area is 443 Å². The number of hydrogen-bond acceptors (Lipinski definition) is 2. The summed E-state index contributed by atoms with van der Waals surface area (Å²) in [6, 6.07) is 83.9. The van der Waals surface area contributed by atoms with Gasteiger partial charge in [-0.3, -0.25) is 0 Å². The zero-order valence-electron chi connectivity index (χ0n) is 42.7. The number of hydrogen-bond donors (Lipinski definition) is 0. The highest BCUT2D eigenvalue weighted by molar-refractivity contribution is 6.15. The molecule has 0 bridgehead atoms. The van der Waals surface area contributed by atoms with Crippen LogP contribution in [-0.2, 0) is 0 Å². The van der Waals surface area contributed by atoms with Gasteiger partial charge in [0.1, 0.15) is 0 Å². The van der Waals surface area contributed by atoms with Crippen molar-refractivity contribution in [3.63, 3.8) is 0 Å². The Hall–Kier alpha value is -9.84. The molecule has 76 heavy (non-hydrogen) atoms. The number of aromatic nitrogens is 3. The van der Waals surface area contributed by atoms with Gasteiger partial charge in [0.15, 0.2) is 0 Å². The molecular weight excluding hydrogens is 923 g/mol. The maximum atomic E-state index is 4.14. The maximum absolute atomic E-state index is 4.14. The fourth-order valence-corrected chi connectivity index (χ4v) is 11.4. The second-order valence-corrected chi connectivity index (χ2v) is 19.4. The molecule has 0 aliphatic carbocycles. The molecule has 0 aliphatic rings. The first kappa shape index (κ1) is 46.0. The van der Waals surface area contributed by atoms with E-state index in [0.717, 1.165) is 107 Å². The smallest absolute Gasteiger partial charge is 0.0542 e. The van der Waals surface area contributed by atoms with Crippen molar-refractivity contribution in [2.24, 2.45) is 0 Å². The minimum atomic E-state index is 0.988. The van der Waals surface area contributed by atoms with Crippen LogP contribution in [0.5, 0.6) is 0 Å². The van der Waals surface area contributed by atoms with Crippen LogP contribution >= 0.6 is 0 Å². The second-order valence-electron chi connectivity index (χ2n) is 19.4. The molecular formula is C71H55N5. The topological polar surface area (TPSA) is 21.3 Å². The lowest BCUT2D eigenvalue weighted by Gasteiger charge is -2.26. The number of para-hydroxylation sites is 4. The van der Waals surface area contributed by atoms with Gasteiger partial charge >= 0.3 is 0 Å². The first-order valence-electron chi connectivity index (χ1n) is 26.1. The van der Waals surface area contributed by atoms with E-state index in [4.69, 9.17) is 0 Å². The van der Waals surface area contributed by atoms with Crippen LogP contribution in [0.15, 0.2) is 262 Å². The molecule has 3 aromatic heterocycles. The average molecular weight is 978 g/mol. The highest BCUT2D eigenvalue weighted by Gasteiger charge is 2.23. The van der Waals surface area contributed by atoms with Gasteiger partial charge < -0.3 is 23.5 Å². The van der Waals surface area contributed by atoms with Crippen molar-refractivity contribution in [1.29, 1.82) is 0 Å². The summed E-state index contributed by atoms with van der Waals surface area (Å²) in [6.45, 7) is 12.6. The van der Waals surface area contributed by atoms with Gasteiger partial charge in [0.2, 0.25) is 0 Å². The van der Waals surface area contributed by atoms with Crippen molar-refractivity contribution < 1.29 is 0 Å². The van der Waals surface area contributed by atoms with Crippen molar-refractivity contribution in [3.05, 3.63) is 273 Å². The SMILES string of the molecule is C=Cc1ccc2c(c1)c1cc(N(c3ccccc3)c3ccc4c(c3)c3cc(N(c5ccccc5)c5ccc6c(c5)c5cc(C=C)ccc5n6-c5ccccc5)ccc3n4-c3ccccc3)ccc1n2/C(C)=C/C=C\CC. The highest BCUT2D eigenvalue weighted by atomic mass is 15.2. The summed E-state index contributed by atoms with van der Waals surface area (Å²) in [6.07, 6.45) is 11.4. The number of allylic oxidation sites excluding steroid dienone is 4. The molecule has 10 aromatic carbocycles. The van der Waals surface area contributed by atoms with E-state index in [2.05, 4.69) is 299 Å². The molecule has 13 rings (SSSR count). The summed E-state index contributed by atoms with van der Waals surface area (Å²) < 4.78 is 7.16. The average Bonchev–Trinajstić information content (AvgIpc) is 4.15. The zero-order valence-corrected chi connectivity index (χ0v) is 42.7. The van der Waals surface area contributed by atoms with Crippen LogP contribution in [0, 0.1) is 0 Å². The van der Waals surface area contributed by atoms with Crippen molar-refractivity contribution in [2.75, 3.05) is 9.80 Å². The minimum Gasteiger partial charge on any atom is -0.313 e.